The van der Waals surface area contributed by atoms with Gasteiger partial charge in [0.1, 0.15) is 11.5 Å². The smallest absolute Gasteiger partial charge is 0.291 e. The number of carbonyl (C=O) groups excluding carboxylic acids is 1. The van der Waals surface area contributed by atoms with E-state index in [9.17, 15) is 13.2 Å². The van der Waals surface area contributed by atoms with E-state index in [-0.39, 0.29) is 10.9 Å². The molecule has 0 radical (unpaired) electrons. The van der Waals surface area contributed by atoms with Crippen LogP contribution in [0.2, 0.25) is 0 Å². The normalized spacial score (nSPS) is 11.1. The summed E-state index contributed by atoms with van der Waals surface area (Å²) in [4.78, 5) is 12.2. The molecule has 2 N–H and O–H groups in total. The van der Waals surface area contributed by atoms with Crippen LogP contribution < -0.4 is 19.5 Å². The predicted octanol–water partition coefficient (Wildman–Crippen LogP) is 1.46. The number of sulfonamides is 1. The van der Waals surface area contributed by atoms with E-state index in [1.165, 1.54) is 33.4 Å². The average Bonchev–Trinajstić information content (AvgIpc) is 3.05. The minimum atomic E-state index is -3.75. The van der Waals surface area contributed by atoms with Gasteiger partial charge in [0, 0.05) is 6.07 Å². The second-order valence-corrected chi connectivity index (χ2v) is 6.16. The molecule has 8 nitrogen and oxygen atoms in total. The third-order valence-electron chi connectivity index (χ3n) is 2.99. The number of benzene rings is 1. The minimum absolute atomic E-state index is 0.149. The maximum absolute atomic E-state index is 12.2. The van der Waals surface area contributed by atoms with Crippen LogP contribution in [0.3, 0.4) is 0 Å². The van der Waals surface area contributed by atoms with Crippen molar-refractivity contribution < 1.29 is 27.1 Å². The van der Waals surface area contributed by atoms with Gasteiger partial charge in [-0.15, -0.1) is 0 Å². The van der Waals surface area contributed by atoms with Crippen LogP contribution in [0.5, 0.6) is 11.5 Å². The highest BCUT2D eigenvalue weighted by atomic mass is 32.2. The molecular formula is C14H16N2O6S. The summed E-state index contributed by atoms with van der Waals surface area (Å²) in [5.41, 5.74) is 0.367. The molecule has 0 aliphatic heterocycles. The lowest BCUT2D eigenvalue weighted by Crippen LogP contribution is -2.18. The Morgan fingerprint density at radius 3 is 2.48 bits per heavy atom. The van der Waals surface area contributed by atoms with Crippen LogP contribution in [-0.4, -0.2) is 35.6 Å². The zero-order chi connectivity index (χ0) is 17.0. The van der Waals surface area contributed by atoms with Gasteiger partial charge in [-0.25, -0.2) is 13.1 Å². The van der Waals surface area contributed by atoms with Gasteiger partial charge in [0.25, 0.3) is 15.9 Å². The molecule has 0 aliphatic carbocycles. The largest absolute Gasteiger partial charge is 0.497 e. The van der Waals surface area contributed by atoms with Gasteiger partial charge in [-0.2, -0.15) is 0 Å². The summed E-state index contributed by atoms with van der Waals surface area (Å²) in [5, 5.41) is 2.24. The zero-order valence-electron chi connectivity index (χ0n) is 12.7. The topological polar surface area (TPSA) is 107 Å². The first-order chi connectivity index (χ1) is 10.9. The highest BCUT2D eigenvalue weighted by Gasteiger charge is 2.20. The molecule has 2 aromatic rings. The minimum Gasteiger partial charge on any atom is -0.497 e. The standard InChI is InChI=1S/C14H16N2O6S/c1-15-23(18,19)13-7-6-12(22-13)14(17)16-10-8-9(20-2)4-5-11(10)21-3/h4-8,15H,1-3H3,(H,16,17). The number of furan rings is 1. The Hall–Kier alpha value is -2.52. The van der Waals surface area contributed by atoms with E-state index in [4.69, 9.17) is 13.9 Å². The molecule has 1 aromatic carbocycles. The molecule has 1 aromatic heterocycles. The third-order valence-corrected chi connectivity index (χ3v) is 4.28. The predicted molar refractivity (Wildman–Crippen MR) is 82.5 cm³/mol. The number of hydrogen-bond donors (Lipinski definition) is 2. The van der Waals surface area contributed by atoms with Crippen LogP contribution in [-0.2, 0) is 10.0 Å². The number of ether oxygens (including phenoxy) is 2. The zero-order valence-corrected chi connectivity index (χ0v) is 13.6. The van der Waals surface area contributed by atoms with Crippen LogP contribution in [0, 0.1) is 0 Å². The number of methoxy groups -OCH3 is 2. The number of amides is 1. The molecule has 0 atom stereocenters. The van der Waals surface area contributed by atoms with Crippen molar-refractivity contribution in [2.45, 2.75) is 5.09 Å². The Morgan fingerprint density at radius 2 is 1.87 bits per heavy atom. The molecular weight excluding hydrogens is 324 g/mol. The van der Waals surface area contributed by atoms with Crippen molar-refractivity contribution in [1.82, 2.24) is 4.72 Å². The summed E-state index contributed by atoms with van der Waals surface area (Å²) in [6.07, 6.45) is 0. The van der Waals surface area contributed by atoms with E-state index in [0.717, 1.165) is 0 Å². The van der Waals surface area contributed by atoms with Crippen molar-refractivity contribution in [3.8, 4) is 11.5 Å². The summed E-state index contributed by atoms with van der Waals surface area (Å²) in [6, 6.07) is 7.35. The van der Waals surface area contributed by atoms with E-state index in [0.29, 0.717) is 17.2 Å². The molecule has 0 fully saturated rings. The van der Waals surface area contributed by atoms with Gasteiger partial charge in [-0.05, 0) is 31.3 Å². The van der Waals surface area contributed by atoms with Crippen molar-refractivity contribution >= 4 is 21.6 Å². The fraction of sp³-hybridized carbons (Fsp3) is 0.214. The highest BCUT2D eigenvalue weighted by molar-refractivity contribution is 7.89. The molecule has 124 valence electrons. The monoisotopic (exact) mass is 340 g/mol. The summed E-state index contributed by atoms with van der Waals surface area (Å²) < 4.78 is 40.6. The lowest BCUT2D eigenvalue weighted by atomic mass is 10.2. The number of anilines is 1. The Morgan fingerprint density at radius 1 is 1.13 bits per heavy atom. The summed E-state index contributed by atoms with van der Waals surface area (Å²) in [5.74, 6) is 0.186. The second kappa shape index (κ2) is 6.71. The first kappa shape index (κ1) is 16.8. The Bertz CT molecular complexity index is 812. The van der Waals surface area contributed by atoms with E-state index >= 15 is 0 Å². The average molecular weight is 340 g/mol. The molecule has 0 spiro atoms. The van der Waals surface area contributed by atoms with Gasteiger partial charge in [0.15, 0.2) is 5.76 Å². The number of rotatable bonds is 6. The van der Waals surface area contributed by atoms with Crippen molar-refractivity contribution in [3.05, 3.63) is 36.1 Å². The molecule has 1 amide bonds. The van der Waals surface area contributed by atoms with Gasteiger partial charge in [-0.3, -0.25) is 4.79 Å². The second-order valence-electron chi connectivity index (χ2n) is 4.35. The highest BCUT2D eigenvalue weighted by Crippen LogP contribution is 2.29. The molecule has 0 saturated carbocycles. The number of nitrogens with one attached hydrogen (secondary N) is 2. The Kier molecular flexibility index (Phi) is 4.92. The van der Waals surface area contributed by atoms with Crippen molar-refractivity contribution in [2.24, 2.45) is 0 Å². The van der Waals surface area contributed by atoms with Crippen LogP contribution in [0.15, 0.2) is 39.8 Å². The fourth-order valence-electron chi connectivity index (χ4n) is 1.78. The quantitative estimate of drug-likeness (QED) is 0.824. The first-order valence-electron chi connectivity index (χ1n) is 6.48. The molecule has 0 bridgehead atoms. The third kappa shape index (κ3) is 3.63. The first-order valence-corrected chi connectivity index (χ1v) is 7.96. The molecule has 0 aliphatic rings. The lowest BCUT2D eigenvalue weighted by molar-refractivity contribution is 0.0991. The molecule has 0 saturated heterocycles. The Balaban J connectivity index is 2.26. The maximum atomic E-state index is 12.2. The number of hydrogen-bond acceptors (Lipinski definition) is 6. The van der Waals surface area contributed by atoms with Gasteiger partial charge in [0.2, 0.25) is 5.09 Å². The molecule has 1 heterocycles. The van der Waals surface area contributed by atoms with Crippen LogP contribution >= 0.6 is 0 Å². The van der Waals surface area contributed by atoms with E-state index < -0.39 is 15.9 Å². The summed E-state index contributed by atoms with van der Waals surface area (Å²) in [6.45, 7) is 0. The van der Waals surface area contributed by atoms with Crippen molar-refractivity contribution in [2.75, 3.05) is 26.6 Å². The number of carbonyl (C=O) groups is 1. The van der Waals surface area contributed by atoms with E-state index in [2.05, 4.69) is 10.0 Å². The molecule has 9 heteroatoms. The van der Waals surface area contributed by atoms with Crippen LogP contribution in [0.4, 0.5) is 5.69 Å². The van der Waals surface area contributed by atoms with E-state index in [1.807, 2.05) is 0 Å². The SMILES string of the molecule is CNS(=O)(=O)c1ccc(C(=O)Nc2cc(OC)ccc2OC)o1. The van der Waals surface area contributed by atoms with Crippen LogP contribution in [0.25, 0.3) is 0 Å². The van der Waals surface area contributed by atoms with Gasteiger partial charge in [0.05, 0.1) is 19.9 Å². The van der Waals surface area contributed by atoms with Gasteiger partial charge >= 0.3 is 0 Å². The summed E-state index contributed by atoms with van der Waals surface area (Å²) >= 11 is 0. The summed E-state index contributed by atoms with van der Waals surface area (Å²) in [7, 11) is 0.455. The molecule has 23 heavy (non-hydrogen) atoms. The Labute approximate surface area is 133 Å². The van der Waals surface area contributed by atoms with Crippen molar-refractivity contribution in [1.29, 1.82) is 0 Å². The molecule has 2 rings (SSSR count). The molecule has 0 unspecified atom stereocenters. The fourth-order valence-corrected chi connectivity index (χ4v) is 2.43. The van der Waals surface area contributed by atoms with E-state index in [1.54, 1.807) is 18.2 Å². The maximum Gasteiger partial charge on any atom is 0.291 e. The van der Waals surface area contributed by atoms with Gasteiger partial charge < -0.3 is 19.2 Å². The van der Waals surface area contributed by atoms with Crippen LogP contribution in [0.1, 0.15) is 10.6 Å². The van der Waals surface area contributed by atoms with Crippen molar-refractivity contribution in [3.63, 3.8) is 0 Å². The lowest BCUT2D eigenvalue weighted by Gasteiger charge is -2.10. The van der Waals surface area contributed by atoms with Gasteiger partial charge in [-0.1, -0.05) is 0 Å².